The summed E-state index contributed by atoms with van der Waals surface area (Å²) >= 11 is 0. The smallest absolute Gasteiger partial charge is 0.328 e. The van der Waals surface area contributed by atoms with Gasteiger partial charge in [-0.05, 0) is 6.07 Å². The highest BCUT2D eigenvalue weighted by atomic mass is 16.5. The van der Waals surface area contributed by atoms with Gasteiger partial charge in [0.2, 0.25) is 0 Å². The molecule has 2 rings (SSSR count). The molecule has 0 saturated carbocycles. The van der Waals surface area contributed by atoms with E-state index in [2.05, 4.69) is 5.10 Å². The fourth-order valence-corrected chi connectivity index (χ4v) is 1.69. The fraction of sp³-hybridized carbons (Fsp3) is 0.500. The molecule has 1 atom stereocenters. The monoisotopic (exact) mass is 238 g/mol. The van der Waals surface area contributed by atoms with E-state index in [-0.39, 0.29) is 12.5 Å². The number of ether oxygens (including phenoxy) is 1. The molecular formula is C10H14N4O3. The number of anilines is 1. The summed E-state index contributed by atoms with van der Waals surface area (Å²) in [6.45, 7) is 0.580. The topological polar surface area (TPSA) is 90.4 Å². The highest BCUT2D eigenvalue weighted by Crippen LogP contribution is 2.12. The number of nitrogen functional groups attached to an aromatic ring is 1. The van der Waals surface area contributed by atoms with Gasteiger partial charge in [0, 0.05) is 26.2 Å². The molecule has 1 fully saturated rings. The Labute approximate surface area is 98.1 Å². The SMILES string of the molecule is CN1CCC(OC(=O)Cn2ccc(N)n2)C1=O. The maximum Gasteiger partial charge on any atom is 0.328 e. The number of esters is 1. The van der Waals surface area contributed by atoms with Crippen LogP contribution in [0.25, 0.3) is 0 Å². The van der Waals surface area contributed by atoms with Crippen LogP contribution in [0, 0.1) is 0 Å². The molecule has 0 aromatic carbocycles. The van der Waals surface area contributed by atoms with Crippen molar-refractivity contribution in [2.24, 2.45) is 0 Å². The third-order valence-corrected chi connectivity index (χ3v) is 2.60. The number of aromatic nitrogens is 2. The Kier molecular flexibility index (Phi) is 2.99. The Bertz CT molecular complexity index is 443. The lowest BCUT2D eigenvalue weighted by molar-refractivity contribution is -0.156. The van der Waals surface area contributed by atoms with E-state index >= 15 is 0 Å². The molecule has 0 spiro atoms. The summed E-state index contributed by atoms with van der Waals surface area (Å²) in [5.74, 6) is -0.297. The van der Waals surface area contributed by atoms with Gasteiger partial charge in [-0.3, -0.25) is 14.3 Å². The van der Waals surface area contributed by atoms with E-state index in [1.165, 1.54) is 4.68 Å². The highest BCUT2D eigenvalue weighted by Gasteiger charge is 2.32. The van der Waals surface area contributed by atoms with Crippen LogP contribution < -0.4 is 5.73 Å². The number of amides is 1. The lowest BCUT2D eigenvalue weighted by Crippen LogP contribution is -2.30. The van der Waals surface area contributed by atoms with Gasteiger partial charge >= 0.3 is 5.97 Å². The normalized spacial score (nSPS) is 19.7. The molecule has 1 aliphatic rings. The fourth-order valence-electron chi connectivity index (χ4n) is 1.69. The van der Waals surface area contributed by atoms with Gasteiger partial charge in [-0.2, -0.15) is 5.10 Å². The number of carbonyl (C=O) groups is 2. The Morgan fingerprint density at radius 1 is 1.71 bits per heavy atom. The molecule has 1 aromatic heterocycles. The van der Waals surface area contributed by atoms with Crippen molar-refractivity contribution in [1.29, 1.82) is 0 Å². The summed E-state index contributed by atoms with van der Waals surface area (Å²) in [5.41, 5.74) is 5.41. The summed E-state index contributed by atoms with van der Waals surface area (Å²) in [7, 11) is 1.68. The number of hydrogen-bond donors (Lipinski definition) is 1. The molecule has 1 unspecified atom stereocenters. The zero-order chi connectivity index (χ0) is 12.4. The summed E-state index contributed by atoms with van der Waals surface area (Å²) in [6, 6.07) is 1.59. The first-order valence-corrected chi connectivity index (χ1v) is 5.29. The number of likely N-dealkylation sites (N-methyl/N-ethyl adjacent to an activating group) is 1. The van der Waals surface area contributed by atoms with Gasteiger partial charge in [0.15, 0.2) is 6.10 Å². The van der Waals surface area contributed by atoms with E-state index in [1.54, 1.807) is 24.2 Å². The maximum absolute atomic E-state index is 11.5. The van der Waals surface area contributed by atoms with Crippen molar-refractivity contribution < 1.29 is 14.3 Å². The number of carbonyl (C=O) groups excluding carboxylic acids is 2. The van der Waals surface area contributed by atoms with E-state index in [0.717, 1.165) is 0 Å². The third kappa shape index (κ3) is 2.55. The Morgan fingerprint density at radius 3 is 3.00 bits per heavy atom. The van der Waals surface area contributed by atoms with Crippen molar-refractivity contribution >= 4 is 17.7 Å². The summed E-state index contributed by atoms with van der Waals surface area (Å²) in [4.78, 5) is 24.6. The molecule has 0 aliphatic carbocycles. The van der Waals surface area contributed by atoms with Gasteiger partial charge in [-0.25, -0.2) is 0 Å². The van der Waals surface area contributed by atoms with Crippen molar-refractivity contribution in [1.82, 2.24) is 14.7 Å². The zero-order valence-corrected chi connectivity index (χ0v) is 9.50. The van der Waals surface area contributed by atoms with Crippen LogP contribution in [0.4, 0.5) is 5.82 Å². The Hall–Kier alpha value is -2.05. The van der Waals surface area contributed by atoms with Crippen molar-refractivity contribution in [2.45, 2.75) is 19.1 Å². The second-order valence-corrected chi connectivity index (χ2v) is 3.97. The van der Waals surface area contributed by atoms with Crippen LogP contribution in [0.3, 0.4) is 0 Å². The average Bonchev–Trinajstić information content (AvgIpc) is 2.79. The molecule has 1 aliphatic heterocycles. The van der Waals surface area contributed by atoms with Crippen LogP contribution in [0.1, 0.15) is 6.42 Å². The van der Waals surface area contributed by atoms with Crippen LogP contribution >= 0.6 is 0 Å². The number of nitrogens with zero attached hydrogens (tertiary/aromatic N) is 3. The molecule has 1 amide bonds. The molecular weight excluding hydrogens is 224 g/mol. The lowest BCUT2D eigenvalue weighted by atomic mass is 10.3. The summed E-state index contributed by atoms with van der Waals surface area (Å²) in [5, 5.41) is 3.86. The molecule has 2 N–H and O–H groups in total. The molecule has 0 radical (unpaired) electrons. The van der Waals surface area contributed by atoms with E-state index in [9.17, 15) is 9.59 Å². The first-order chi connectivity index (χ1) is 8.06. The molecule has 1 aromatic rings. The van der Waals surface area contributed by atoms with Crippen molar-refractivity contribution in [2.75, 3.05) is 19.3 Å². The molecule has 7 heteroatoms. The second-order valence-electron chi connectivity index (χ2n) is 3.97. The minimum absolute atomic E-state index is 0.0370. The van der Waals surface area contributed by atoms with Gasteiger partial charge in [-0.15, -0.1) is 0 Å². The lowest BCUT2D eigenvalue weighted by Gasteiger charge is -2.11. The molecule has 17 heavy (non-hydrogen) atoms. The molecule has 0 bridgehead atoms. The van der Waals surface area contributed by atoms with Crippen LogP contribution in [0.5, 0.6) is 0 Å². The summed E-state index contributed by atoms with van der Waals surface area (Å²) in [6.07, 6.45) is 1.47. The van der Waals surface area contributed by atoms with Gasteiger partial charge in [0.25, 0.3) is 5.91 Å². The summed E-state index contributed by atoms with van der Waals surface area (Å²) < 4.78 is 6.45. The van der Waals surface area contributed by atoms with Crippen LogP contribution in [-0.2, 0) is 20.9 Å². The number of likely N-dealkylation sites (tertiary alicyclic amines) is 1. The van der Waals surface area contributed by atoms with Gasteiger partial charge in [0.1, 0.15) is 12.4 Å². The number of hydrogen-bond acceptors (Lipinski definition) is 5. The maximum atomic E-state index is 11.5. The third-order valence-electron chi connectivity index (χ3n) is 2.60. The van der Waals surface area contributed by atoms with E-state index in [1.807, 2.05) is 0 Å². The molecule has 92 valence electrons. The number of nitrogens with two attached hydrogens (primary N) is 1. The Morgan fingerprint density at radius 2 is 2.47 bits per heavy atom. The quantitative estimate of drug-likeness (QED) is 0.699. The average molecular weight is 238 g/mol. The van der Waals surface area contributed by atoms with Gasteiger partial charge < -0.3 is 15.4 Å². The van der Waals surface area contributed by atoms with Crippen molar-refractivity contribution in [3.05, 3.63) is 12.3 Å². The molecule has 1 saturated heterocycles. The molecule has 2 heterocycles. The largest absolute Gasteiger partial charge is 0.451 e. The van der Waals surface area contributed by atoms with Crippen LogP contribution in [0.2, 0.25) is 0 Å². The zero-order valence-electron chi connectivity index (χ0n) is 9.50. The highest BCUT2D eigenvalue weighted by molar-refractivity contribution is 5.85. The van der Waals surface area contributed by atoms with Crippen molar-refractivity contribution in [3.8, 4) is 0 Å². The Balaban J connectivity index is 1.88. The standard InChI is InChI=1S/C10H14N4O3/c1-13-4-2-7(10(13)16)17-9(15)6-14-5-3-8(11)12-14/h3,5,7H,2,4,6H2,1H3,(H2,11,12). The van der Waals surface area contributed by atoms with E-state index in [4.69, 9.17) is 10.5 Å². The second kappa shape index (κ2) is 4.44. The minimum atomic E-state index is -0.652. The van der Waals surface area contributed by atoms with Crippen molar-refractivity contribution in [3.63, 3.8) is 0 Å². The minimum Gasteiger partial charge on any atom is -0.451 e. The molecule has 7 nitrogen and oxygen atoms in total. The predicted molar refractivity (Wildman–Crippen MR) is 58.8 cm³/mol. The number of rotatable bonds is 3. The van der Waals surface area contributed by atoms with E-state index in [0.29, 0.717) is 18.8 Å². The first kappa shape index (κ1) is 11.4. The predicted octanol–water partition coefficient (Wildman–Crippen LogP) is -0.761. The first-order valence-electron chi connectivity index (χ1n) is 5.29. The van der Waals surface area contributed by atoms with Crippen LogP contribution in [0.15, 0.2) is 12.3 Å². The van der Waals surface area contributed by atoms with Crippen LogP contribution in [-0.4, -0.2) is 46.3 Å². The van der Waals surface area contributed by atoms with Gasteiger partial charge in [0.05, 0.1) is 0 Å². The van der Waals surface area contributed by atoms with Gasteiger partial charge in [-0.1, -0.05) is 0 Å². The van der Waals surface area contributed by atoms with E-state index < -0.39 is 12.1 Å².